The predicted molar refractivity (Wildman–Crippen MR) is 81.3 cm³/mol. The van der Waals surface area contributed by atoms with E-state index < -0.39 is 0 Å². The minimum atomic E-state index is -0.349. The largest absolute Gasteiger partial charge is 0.388 e. The average Bonchev–Trinajstić information content (AvgIpc) is 2.39. The zero-order chi connectivity index (χ0) is 13.9. The second-order valence-corrected chi connectivity index (χ2v) is 6.70. The van der Waals surface area contributed by atoms with E-state index in [1.54, 1.807) is 0 Å². The first-order chi connectivity index (χ1) is 8.97. The molecule has 0 fully saturated rings. The van der Waals surface area contributed by atoms with Gasteiger partial charge in [-0.1, -0.05) is 56.7 Å². The number of aliphatic hydroxyl groups excluding tert-OH is 1. The number of benzene rings is 1. The van der Waals surface area contributed by atoms with E-state index in [4.69, 9.17) is 0 Å². The molecule has 1 N–H and O–H groups in total. The summed E-state index contributed by atoms with van der Waals surface area (Å²) >= 11 is 0. The highest BCUT2D eigenvalue weighted by atomic mass is 16.3. The summed E-state index contributed by atoms with van der Waals surface area (Å²) in [5.74, 6) is 0. The number of aliphatic hydroxyl groups is 1. The van der Waals surface area contributed by atoms with Crippen LogP contribution in [0.25, 0.3) is 0 Å². The smallest absolute Gasteiger partial charge is 0.0827 e. The van der Waals surface area contributed by atoms with Crippen molar-refractivity contribution in [2.75, 3.05) is 0 Å². The lowest BCUT2D eigenvalue weighted by Gasteiger charge is -2.21. The van der Waals surface area contributed by atoms with Gasteiger partial charge in [0.1, 0.15) is 0 Å². The lowest BCUT2D eigenvalue weighted by Crippen LogP contribution is -2.11. The molecule has 0 saturated heterocycles. The van der Waals surface area contributed by atoms with Crippen molar-refractivity contribution in [1.29, 1.82) is 0 Å². The van der Waals surface area contributed by atoms with E-state index in [0.29, 0.717) is 0 Å². The second-order valence-electron chi connectivity index (χ2n) is 6.70. The van der Waals surface area contributed by atoms with Crippen LogP contribution >= 0.6 is 0 Å². The summed E-state index contributed by atoms with van der Waals surface area (Å²) in [6.07, 6.45) is 7.70. The normalized spacial score (nSPS) is 18.0. The van der Waals surface area contributed by atoms with Crippen LogP contribution in [-0.4, -0.2) is 5.11 Å². The monoisotopic (exact) mass is 258 g/mol. The van der Waals surface area contributed by atoms with Crippen molar-refractivity contribution in [3.8, 4) is 0 Å². The van der Waals surface area contributed by atoms with Crippen molar-refractivity contribution < 1.29 is 5.11 Å². The van der Waals surface area contributed by atoms with Gasteiger partial charge < -0.3 is 5.11 Å². The topological polar surface area (TPSA) is 20.2 Å². The summed E-state index contributed by atoms with van der Waals surface area (Å²) in [7, 11) is 0. The molecule has 1 aliphatic rings. The Bertz CT molecular complexity index is 434. The Labute approximate surface area is 117 Å². The molecule has 104 valence electrons. The van der Waals surface area contributed by atoms with Crippen LogP contribution in [0.15, 0.2) is 35.9 Å². The zero-order valence-electron chi connectivity index (χ0n) is 12.4. The summed E-state index contributed by atoms with van der Waals surface area (Å²) in [5.41, 5.74) is 3.97. The summed E-state index contributed by atoms with van der Waals surface area (Å²) in [6, 6.07) is 8.45. The Morgan fingerprint density at radius 1 is 1.11 bits per heavy atom. The Morgan fingerprint density at radius 2 is 1.79 bits per heavy atom. The van der Waals surface area contributed by atoms with Crippen molar-refractivity contribution in [2.24, 2.45) is 0 Å². The molecule has 0 heterocycles. The number of hydrogen-bond acceptors (Lipinski definition) is 1. The molecule has 0 aliphatic heterocycles. The molecule has 1 nitrogen and oxygen atoms in total. The minimum Gasteiger partial charge on any atom is -0.388 e. The van der Waals surface area contributed by atoms with Crippen molar-refractivity contribution in [3.05, 3.63) is 47.0 Å². The SMILES string of the molecule is CC(C)(C)c1ccc(C(O)CC2=CCCCC2)cc1. The number of rotatable bonds is 3. The van der Waals surface area contributed by atoms with Crippen LogP contribution in [-0.2, 0) is 5.41 Å². The molecule has 0 bridgehead atoms. The van der Waals surface area contributed by atoms with Gasteiger partial charge in [0.15, 0.2) is 0 Å². The van der Waals surface area contributed by atoms with Gasteiger partial charge >= 0.3 is 0 Å². The maximum Gasteiger partial charge on any atom is 0.0827 e. The van der Waals surface area contributed by atoms with Crippen molar-refractivity contribution >= 4 is 0 Å². The molecule has 1 unspecified atom stereocenters. The lowest BCUT2D eigenvalue weighted by atomic mass is 9.86. The quantitative estimate of drug-likeness (QED) is 0.764. The molecule has 0 saturated carbocycles. The first-order valence-electron chi connectivity index (χ1n) is 7.43. The fourth-order valence-electron chi connectivity index (χ4n) is 2.66. The number of hydrogen-bond donors (Lipinski definition) is 1. The van der Waals surface area contributed by atoms with Crippen molar-refractivity contribution in [2.45, 2.75) is 64.4 Å². The Balaban J connectivity index is 2.03. The van der Waals surface area contributed by atoms with Gasteiger partial charge in [-0.25, -0.2) is 0 Å². The lowest BCUT2D eigenvalue weighted by molar-refractivity contribution is 0.176. The molecule has 0 radical (unpaired) electrons. The Hall–Kier alpha value is -1.08. The van der Waals surface area contributed by atoms with Crippen LogP contribution in [0.4, 0.5) is 0 Å². The van der Waals surface area contributed by atoms with Gasteiger partial charge in [-0.2, -0.15) is 0 Å². The molecule has 1 aromatic rings. The Kier molecular flexibility index (Phi) is 4.46. The molecule has 0 aromatic heterocycles. The third-order valence-corrected chi connectivity index (χ3v) is 4.00. The first-order valence-corrected chi connectivity index (χ1v) is 7.43. The van der Waals surface area contributed by atoms with Crippen LogP contribution in [0.2, 0.25) is 0 Å². The van der Waals surface area contributed by atoms with Gasteiger partial charge in [0, 0.05) is 0 Å². The van der Waals surface area contributed by atoms with E-state index >= 15 is 0 Å². The minimum absolute atomic E-state index is 0.176. The molecule has 2 rings (SSSR count). The summed E-state index contributed by atoms with van der Waals surface area (Å²) in [5, 5.41) is 10.3. The standard InChI is InChI=1S/C18H26O/c1-18(2,3)16-11-9-15(10-12-16)17(19)13-14-7-5-4-6-8-14/h7,9-12,17,19H,4-6,8,13H2,1-3H3. The van der Waals surface area contributed by atoms with E-state index in [2.05, 4.69) is 51.1 Å². The molecule has 1 heteroatoms. The Morgan fingerprint density at radius 3 is 2.32 bits per heavy atom. The maximum absolute atomic E-state index is 10.3. The zero-order valence-corrected chi connectivity index (χ0v) is 12.4. The van der Waals surface area contributed by atoms with Crippen LogP contribution < -0.4 is 0 Å². The number of allylic oxidation sites excluding steroid dienone is 1. The molecule has 1 atom stereocenters. The highest BCUT2D eigenvalue weighted by Crippen LogP contribution is 2.29. The van der Waals surface area contributed by atoms with Crippen molar-refractivity contribution in [1.82, 2.24) is 0 Å². The molecule has 1 aliphatic carbocycles. The molecule has 0 amide bonds. The second kappa shape index (κ2) is 5.92. The van der Waals surface area contributed by atoms with E-state index in [1.807, 2.05) is 0 Å². The average molecular weight is 258 g/mol. The van der Waals surface area contributed by atoms with Crippen molar-refractivity contribution in [3.63, 3.8) is 0 Å². The van der Waals surface area contributed by atoms with E-state index in [9.17, 15) is 5.11 Å². The molecule has 19 heavy (non-hydrogen) atoms. The summed E-state index contributed by atoms with van der Waals surface area (Å²) in [6.45, 7) is 6.64. The predicted octanol–water partition coefficient (Wildman–Crippen LogP) is 4.91. The van der Waals surface area contributed by atoms with Crippen LogP contribution in [0.3, 0.4) is 0 Å². The summed E-state index contributed by atoms with van der Waals surface area (Å²) < 4.78 is 0. The van der Waals surface area contributed by atoms with Gasteiger partial charge in [0.25, 0.3) is 0 Å². The molecule has 1 aromatic carbocycles. The van der Waals surface area contributed by atoms with Gasteiger partial charge in [0.05, 0.1) is 6.10 Å². The highest BCUT2D eigenvalue weighted by Gasteiger charge is 2.15. The highest BCUT2D eigenvalue weighted by molar-refractivity contribution is 5.29. The van der Waals surface area contributed by atoms with Gasteiger partial charge in [-0.05, 0) is 48.6 Å². The molecular formula is C18H26O. The molecule has 0 spiro atoms. The van der Waals surface area contributed by atoms with Gasteiger partial charge in [-0.15, -0.1) is 0 Å². The van der Waals surface area contributed by atoms with Crippen LogP contribution in [0.5, 0.6) is 0 Å². The maximum atomic E-state index is 10.3. The third kappa shape index (κ3) is 3.94. The third-order valence-electron chi connectivity index (χ3n) is 4.00. The fraction of sp³-hybridized carbons (Fsp3) is 0.556. The van der Waals surface area contributed by atoms with Gasteiger partial charge in [0.2, 0.25) is 0 Å². The van der Waals surface area contributed by atoms with E-state index in [0.717, 1.165) is 18.4 Å². The fourth-order valence-corrected chi connectivity index (χ4v) is 2.66. The summed E-state index contributed by atoms with van der Waals surface area (Å²) in [4.78, 5) is 0. The van der Waals surface area contributed by atoms with Gasteiger partial charge in [-0.3, -0.25) is 0 Å². The molecular weight excluding hydrogens is 232 g/mol. The van der Waals surface area contributed by atoms with Crippen LogP contribution in [0.1, 0.15) is 70.1 Å². The van der Waals surface area contributed by atoms with Crippen LogP contribution in [0, 0.1) is 0 Å². The van der Waals surface area contributed by atoms with E-state index in [-0.39, 0.29) is 11.5 Å². The first kappa shape index (κ1) is 14.3. The van der Waals surface area contributed by atoms with E-state index in [1.165, 1.54) is 30.4 Å².